The summed E-state index contributed by atoms with van der Waals surface area (Å²) in [6.07, 6.45) is 4.61. The van der Waals surface area contributed by atoms with Crippen LogP contribution in [0.15, 0.2) is 48.5 Å². The van der Waals surface area contributed by atoms with Crippen LogP contribution in [0.25, 0.3) is 0 Å². The first-order valence-corrected chi connectivity index (χ1v) is 12.6. The van der Waals surface area contributed by atoms with Crippen LogP contribution in [0.5, 0.6) is 5.75 Å². The maximum atomic E-state index is 13.2. The summed E-state index contributed by atoms with van der Waals surface area (Å²) >= 11 is 0. The van der Waals surface area contributed by atoms with Gasteiger partial charge in [-0.1, -0.05) is 50.2 Å². The van der Waals surface area contributed by atoms with E-state index >= 15 is 0 Å². The summed E-state index contributed by atoms with van der Waals surface area (Å²) in [5, 5.41) is 6.12. The zero-order valence-corrected chi connectivity index (χ0v) is 20.6. The Hall–Kier alpha value is -2.86. The van der Waals surface area contributed by atoms with E-state index in [1.54, 1.807) is 0 Å². The number of hydrogen-bond donors (Lipinski definition) is 2. The van der Waals surface area contributed by atoms with E-state index in [0.29, 0.717) is 44.3 Å². The van der Waals surface area contributed by atoms with E-state index in [0.717, 1.165) is 50.0 Å². The third kappa shape index (κ3) is 8.49. The van der Waals surface area contributed by atoms with Crippen LogP contribution in [0.1, 0.15) is 61.0 Å². The van der Waals surface area contributed by atoms with Gasteiger partial charge in [-0.05, 0) is 62.3 Å². The fraction of sp³-hybridized carbons (Fsp3) is 0.500. The van der Waals surface area contributed by atoms with E-state index in [-0.39, 0.29) is 11.8 Å². The highest BCUT2D eigenvalue weighted by Gasteiger charge is 2.21. The van der Waals surface area contributed by atoms with Crippen molar-refractivity contribution in [2.24, 2.45) is 5.92 Å². The molecule has 0 radical (unpaired) electrons. The number of rotatable bonds is 7. The van der Waals surface area contributed by atoms with Crippen LogP contribution in [0.4, 0.5) is 0 Å². The van der Waals surface area contributed by atoms with Crippen molar-refractivity contribution in [2.45, 2.75) is 52.5 Å². The molecule has 0 atom stereocenters. The highest BCUT2D eigenvalue weighted by Crippen LogP contribution is 2.25. The van der Waals surface area contributed by atoms with Crippen LogP contribution in [0.3, 0.4) is 0 Å². The fourth-order valence-corrected chi connectivity index (χ4v) is 4.09. The van der Waals surface area contributed by atoms with Crippen LogP contribution >= 0.6 is 0 Å². The zero-order chi connectivity index (χ0) is 24.2. The third-order valence-corrected chi connectivity index (χ3v) is 6.09. The molecular formula is C28H39N3O3. The molecule has 6 heteroatoms. The molecule has 0 bridgehead atoms. The minimum atomic E-state index is -0.103. The molecule has 2 N–H and O–H groups in total. The maximum Gasteiger partial charge on any atom is 0.251 e. The average molecular weight is 466 g/mol. The molecule has 34 heavy (non-hydrogen) atoms. The van der Waals surface area contributed by atoms with Gasteiger partial charge in [0.15, 0.2) is 0 Å². The molecule has 0 fully saturated rings. The van der Waals surface area contributed by atoms with E-state index in [1.165, 1.54) is 5.56 Å². The summed E-state index contributed by atoms with van der Waals surface area (Å²) in [7, 11) is 0. The Morgan fingerprint density at radius 1 is 1.06 bits per heavy atom. The van der Waals surface area contributed by atoms with Crippen LogP contribution < -0.4 is 15.4 Å². The van der Waals surface area contributed by atoms with Crippen molar-refractivity contribution >= 4 is 11.8 Å². The molecule has 2 amide bonds. The van der Waals surface area contributed by atoms with Gasteiger partial charge in [-0.25, -0.2) is 0 Å². The first-order valence-electron chi connectivity index (χ1n) is 12.6. The number of ether oxygens (including phenoxy) is 1. The van der Waals surface area contributed by atoms with E-state index in [2.05, 4.69) is 41.5 Å². The zero-order valence-electron chi connectivity index (χ0n) is 20.6. The Bertz CT molecular complexity index is 914. The lowest BCUT2D eigenvalue weighted by molar-refractivity contribution is -0.122. The molecule has 0 unspecified atom stereocenters. The molecule has 6 nitrogen and oxygen atoms in total. The molecule has 2 aromatic rings. The molecule has 1 aliphatic rings. The Morgan fingerprint density at radius 3 is 2.68 bits per heavy atom. The van der Waals surface area contributed by atoms with Gasteiger partial charge in [0.05, 0.1) is 13.2 Å². The second-order valence-corrected chi connectivity index (χ2v) is 9.43. The third-order valence-electron chi connectivity index (χ3n) is 6.09. The van der Waals surface area contributed by atoms with Gasteiger partial charge in [-0.2, -0.15) is 0 Å². The molecule has 0 aromatic heterocycles. The highest BCUT2D eigenvalue weighted by atomic mass is 16.5. The Labute approximate surface area is 204 Å². The summed E-state index contributed by atoms with van der Waals surface area (Å²) in [6.45, 7) is 7.83. The first-order chi connectivity index (χ1) is 16.5. The summed E-state index contributed by atoms with van der Waals surface area (Å²) in [5.41, 5.74) is 2.67. The molecule has 0 saturated heterocycles. The average Bonchev–Trinajstić information content (AvgIpc) is 2.84. The van der Waals surface area contributed by atoms with Crippen molar-refractivity contribution in [2.75, 3.05) is 32.8 Å². The van der Waals surface area contributed by atoms with Gasteiger partial charge < -0.3 is 15.4 Å². The minimum absolute atomic E-state index is 0.0373. The lowest BCUT2D eigenvalue weighted by Crippen LogP contribution is -2.38. The SMILES string of the molecule is CC(C)CCN1CC(=O)NCCCCCOc2cccc(C(=O)NCCc3ccccc3)c2C1. The number of nitrogens with one attached hydrogen (secondary N) is 2. The number of benzene rings is 2. The Balaban J connectivity index is 1.80. The normalized spacial score (nSPS) is 15.8. The van der Waals surface area contributed by atoms with Crippen LogP contribution in [0, 0.1) is 5.92 Å². The van der Waals surface area contributed by atoms with Crippen molar-refractivity contribution in [1.29, 1.82) is 0 Å². The van der Waals surface area contributed by atoms with Gasteiger partial charge in [0, 0.05) is 30.8 Å². The van der Waals surface area contributed by atoms with Gasteiger partial charge in [0.2, 0.25) is 5.91 Å². The monoisotopic (exact) mass is 465 g/mol. The lowest BCUT2D eigenvalue weighted by atomic mass is 10.0. The van der Waals surface area contributed by atoms with Gasteiger partial charge in [-0.3, -0.25) is 14.5 Å². The minimum Gasteiger partial charge on any atom is -0.493 e. The number of carbonyl (C=O) groups is 2. The van der Waals surface area contributed by atoms with E-state index in [1.807, 2.05) is 36.4 Å². The molecule has 3 rings (SSSR count). The van der Waals surface area contributed by atoms with E-state index in [9.17, 15) is 9.59 Å². The van der Waals surface area contributed by atoms with E-state index < -0.39 is 0 Å². The number of amides is 2. The Morgan fingerprint density at radius 2 is 1.88 bits per heavy atom. The molecule has 0 saturated carbocycles. The smallest absolute Gasteiger partial charge is 0.251 e. The number of fused-ring (bicyclic) bond motifs is 1. The van der Waals surface area contributed by atoms with Gasteiger partial charge in [0.25, 0.3) is 5.91 Å². The topological polar surface area (TPSA) is 70.7 Å². The Kier molecular flexibility index (Phi) is 10.4. The molecular weight excluding hydrogens is 426 g/mol. The van der Waals surface area contributed by atoms with Crippen molar-refractivity contribution in [1.82, 2.24) is 15.5 Å². The predicted octanol–water partition coefficient (Wildman–Crippen LogP) is 4.19. The largest absolute Gasteiger partial charge is 0.493 e. The lowest BCUT2D eigenvalue weighted by Gasteiger charge is -2.25. The van der Waals surface area contributed by atoms with Crippen molar-refractivity contribution < 1.29 is 14.3 Å². The van der Waals surface area contributed by atoms with E-state index in [4.69, 9.17) is 4.74 Å². The quantitative estimate of drug-likeness (QED) is 0.643. The predicted molar refractivity (Wildman–Crippen MR) is 136 cm³/mol. The van der Waals surface area contributed by atoms with Gasteiger partial charge >= 0.3 is 0 Å². The molecule has 2 aromatic carbocycles. The van der Waals surface area contributed by atoms with Crippen molar-refractivity contribution in [3.05, 3.63) is 65.2 Å². The summed E-state index contributed by atoms with van der Waals surface area (Å²) < 4.78 is 6.15. The van der Waals surface area contributed by atoms with Crippen LogP contribution in [-0.4, -0.2) is 49.5 Å². The highest BCUT2D eigenvalue weighted by molar-refractivity contribution is 5.96. The van der Waals surface area contributed by atoms with Gasteiger partial charge in [0.1, 0.15) is 5.75 Å². The maximum absolute atomic E-state index is 13.2. The second-order valence-electron chi connectivity index (χ2n) is 9.43. The van der Waals surface area contributed by atoms with Crippen LogP contribution in [-0.2, 0) is 17.8 Å². The van der Waals surface area contributed by atoms with Gasteiger partial charge in [-0.15, -0.1) is 0 Å². The van der Waals surface area contributed by atoms with Crippen molar-refractivity contribution in [3.63, 3.8) is 0 Å². The standard InChI is InChI=1S/C28H39N3O3/c1-22(2)15-18-31-20-25-24(28(33)30-17-14-23-10-5-3-6-11-23)12-9-13-26(25)34-19-8-4-7-16-29-27(32)21-31/h3,5-6,9-13,22H,4,7-8,14-21H2,1-2H3,(H,29,32)(H,30,33). The molecule has 1 aliphatic heterocycles. The molecule has 1 heterocycles. The number of carbonyl (C=O) groups excluding carboxylic acids is 2. The summed E-state index contributed by atoms with van der Waals surface area (Å²) in [4.78, 5) is 27.9. The van der Waals surface area contributed by atoms with Crippen molar-refractivity contribution in [3.8, 4) is 5.75 Å². The summed E-state index contributed by atoms with van der Waals surface area (Å²) in [6, 6.07) is 15.8. The van der Waals surface area contributed by atoms with Crippen LogP contribution in [0.2, 0.25) is 0 Å². The number of nitrogens with zero attached hydrogens (tertiary/aromatic N) is 1. The summed E-state index contributed by atoms with van der Waals surface area (Å²) in [5.74, 6) is 1.20. The molecule has 0 spiro atoms. The molecule has 184 valence electrons. The molecule has 0 aliphatic carbocycles. The number of hydrogen-bond acceptors (Lipinski definition) is 4. The second kappa shape index (κ2) is 13.8. The first kappa shape index (κ1) is 25.8. The fourth-order valence-electron chi connectivity index (χ4n) is 4.09.